The fourth-order valence-electron chi connectivity index (χ4n) is 2.88. The molecule has 132 valence electrons. The number of anilines is 1. The van der Waals surface area contributed by atoms with E-state index in [0.29, 0.717) is 25.2 Å². The lowest BCUT2D eigenvalue weighted by Gasteiger charge is -2.27. The van der Waals surface area contributed by atoms with E-state index in [9.17, 15) is 9.59 Å². The second-order valence-corrected chi connectivity index (χ2v) is 5.78. The highest BCUT2D eigenvalue weighted by Gasteiger charge is 2.21. The number of nitrogens with one attached hydrogen (secondary N) is 3. The van der Waals surface area contributed by atoms with Crippen LogP contribution in [0, 0.1) is 0 Å². The van der Waals surface area contributed by atoms with E-state index in [1.165, 1.54) is 0 Å². The van der Waals surface area contributed by atoms with Crippen molar-refractivity contribution in [3.05, 3.63) is 29.8 Å². The highest BCUT2D eigenvalue weighted by Crippen LogP contribution is 2.17. The van der Waals surface area contributed by atoms with Crippen molar-refractivity contribution >= 4 is 30.0 Å². The molecule has 0 saturated carbocycles. The maximum absolute atomic E-state index is 12.1. The molecule has 2 aliphatic heterocycles. The smallest absolute Gasteiger partial charge is 0.321 e. The molecule has 0 atom stereocenters. The largest absolute Gasteiger partial charge is 0.351 e. The van der Waals surface area contributed by atoms with Gasteiger partial charge >= 0.3 is 6.03 Å². The predicted octanol–water partition coefficient (Wildman–Crippen LogP) is 0.273. The van der Waals surface area contributed by atoms with E-state index in [0.717, 1.165) is 38.4 Å². The van der Waals surface area contributed by atoms with Crippen molar-refractivity contribution in [2.24, 2.45) is 0 Å². The van der Waals surface area contributed by atoms with Gasteiger partial charge in [-0.2, -0.15) is 0 Å². The molecule has 1 aromatic carbocycles. The Morgan fingerprint density at radius 3 is 2.42 bits per heavy atom. The van der Waals surface area contributed by atoms with Crippen LogP contribution in [0.1, 0.15) is 10.4 Å². The quantitative estimate of drug-likeness (QED) is 0.710. The molecule has 2 heterocycles. The Balaban J connectivity index is 0.00000208. The number of nitrogens with zero attached hydrogens (tertiary/aromatic N) is 2. The molecule has 3 N–H and O–H groups in total. The van der Waals surface area contributed by atoms with Crippen LogP contribution in [0.25, 0.3) is 0 Å². The summed E-state index contributed by atoms with van der Waals surface area (Å²) in [6.45, 7) is 6.93. The van der Waals surface area contributed by atoms with Gasteiger partial charge in [0.15, 0.2) is 0 Å². The van der Waals surface area contributed by atoms with Crippen LogP contribution >= 0.6 is 12.4 Å². The molecule has 0 aliphatic carbocycles. The van der Waals surface area contributed by atoms with Gasteiger partial charge in [-0.05, 0) is 24.3 Å². The van der Waals surface area contributed by atoms with Crippen LogP contribution in [-0.2, 0) is 0 Å². The zero-order chi connectivity index (χ0) is 16.1. The number of halogens is 1. The molecule has 0 unspecified atom stereocenters. The van der Waals surface area contributed by atoms with Crippen LogP contribution in [0.4, 0.5) is 10.5 Å². The Labute approximate surface area is 148 Å². The van der Waals surface area contributed by atoms with Crippen molar-refractivity contribution in [1.29, 1.82) is 0 Å². The molecule has 3 amide bonds. The second-order valence-electron chi connectivity index (χ2n) is 5.78. The van der Waals surface area contributed by atoms with E-state index in [4.69, 9.17) is 0 Å². The molecule has 2 saturated heterocycles. The number of amides is 3. The average molecular weight is 354 g/mol. The van der Waals surface area contributed by atoms with Gasteiger partial charge in [0.25, 0.3) is 5.91 Å². The molecule has 2 fully saturated rings. The lowest BCUT2D eigenvalue weighted by Crippen LogP contribution is -2.46. The number of carbonyl (C=O) groups excluding carboxylic acids is 2. The van der Waals surface area contributed by atoms with Gasteiger partial charge in [-0.15, -0.1) is 12.4 Å². The summed E-state index contributed by atoms with van der Waals surface area (Å²) in [5.41, 5.74) is 1.44. The van der Waals surface area contributed by atoms with Gasteiger partial charge in [-0.25, -0.2) is 4.79 Å². The van der Waals surface area contributed by atoms with Crippen LogP contribution in [0.5, 0.6) is 0 Å². The van der Waals surface area contributed by atoms with Gasteiger partial charge in [-0.1, -0.05) is 0 Å². The molecule has 3 rings (SSSR count). The zero-order valence-corrected chi connectivity index (χ0v) is 14.4. The van der Waals surface area contributed by atoms with Crippen molar-refractivity contribution < 1.29 is 9.59 Å². The summed E-state index contributed by atoms with van der Waals surface area (Å²) >= 11 is 0. The van der Waals surface area contributed by atoms with E-state index in [2.05, 4.69) is 20.9 Å². The molecule has 0 radical (unpaired) electrons. The Morgan fingerprint density at radius 2 is 1.79 bits per heavy atom. The first-order valence-electron chi connectivity index (χ1n) is 8.11. The molecule has 1 aromatic rings. The standard InChI is InChI=1S/C16H23N5O2.ClH/c22-15(18-7-11-20-9-5-17-6-10-20)13-1-3-14(4-2-13)21-12-8-19-16(21)23;/h1-4,17H,5-12H2,(H,18,22)(H,19,23);1H. The molecule has 7 nitrogen and oxygen atoms in total. The first-order valence-corrected chi connectivity index (χ1v) is 8.11. The van der Waals surface area contributed by atoms with Crippen molar-refractivity contribution in [3.8, 4) is 0 Å². The summed E-state index contributed by atoms with van der Waals surface area (Å²) in [6.07, 6.45) is 0. The topological polar surface area (TPSA) is 76.7 Å². The first-order chi connectivity index (χ1) is 11.2. The van der Waals surface area contributed by atoms with E-state index in [1.807, 2.05) is 12.1 Å². The lowest BCUT2D eigenvalue weighted by atomic mass is 10.2. The number of benzene rings is 1. The minimum absolute atomic E-state index is 0. The van der Waals surface area contributed by atoms with Gasteiger partial charge in [0.1, 0.15) is 0 Å². The van der Waals surface area contributed by atoms with Gasteiger partial charge in [0, 0.05) is 63.6 Å². The Morgan fingerprint density at radius 1 is 1.08 bits per heavy atom. The number of piperazine rings is 1. The Bertz CT molecular complexity index is 560. The summed E-state index contributed by atoms with van der Waals surface area (Å²) < 4.78 is 0. The summed E-state index contributed by atoms with van der Waals surface area (Å²) in [5, 5.41) is 9.02. The van der Waals surface area contributed by atoms with Gasteiger partial charge in [0.2, 0.25) is 0 Å². The first kappa shape index (κ1) is 18.5. The van der Waals surface area contributed by atoms with Crippen molar-refractivity contribution in [3.63, 3.8) is 0 Å². The summed E-state index contributed by atoms with van der Waals surface area (Å²) in [4.78, 5) is 27.8. The summed E-state index contributed by atoms with van der Waals surface area (Å²) in [6, 6.07) is 7.08. The number of rotatable bonds is 5. The summed E-state index contributed by atoms with van der Waals surface area (Å²) in [7, 11) is 0. The van der Waals surface area contributed by atoms with Gasteiger partial charge in [0.05, 0.1) is 0 Å². The second kappa shape index (κ2) is 8.86. The highest BCUT2D eigenvalue weighted by molar-refractivity contribution is 5.96. The number of hydrogen-bond donors (Lipinski definition) is 3. The molecule has 24 heavy (non-hydrogen) atoms. The maximum atomic E-state index is 12.1. The highest BCUT2D eigenvalue weighted by atomic mass is 35.5. The van der Waals surface area contributed by atoms with E-state index in [-0.39, 0.29) is 24.3 Å². The fourth-order valence-corrected chi connectivity index (χ4v) is 2.88. The lowest BCUT2D eigenvalue weighted by molar-refractivity contribution is 0.0947. The third-order valence-electron chi connectivity index (χ3n) is 4.22. The van der Waals surface area contributed by atoms with Crippen LogP contribution in [0.2, 0.25) is 0 Å². The molecule has 8 heteroatoms. The Hall–Kier alpha value is -1.83. The third kappa shape index (κ3) is 4.59. The van der Waals surface area contributed by atoms with Crippen LogP contribution < -0.4 is 20.9 Å². The number of urea groups is 1. The average Bonchev–Trinajstić information content (AvgIpc) is 3.02. The SMILES string of the molecule is Cl.O=C(NCCN1CCNCC1)c1ccc(N2CCNC2=O)cc1. The van der Waals surface area contributed by atoms with Crippen molar-refractivity contribution in [2.75, 3.05) is 57.3 Å². The molecule has 0 spiro atoms. The number of carbonyl (C=O) groups is 2. The van der Waals surface area contributed by atoms with E-state index >= 15 is 0 Å². The molecule has 0 aromatic heterocycles. The molecular weight excluding hydrogens is 330 g/mol. The van der Waals surface area contributed by atoms with Gasteiger partial charge < -0.3 is 16.0 Å². The molecular formula is C16H24ClN5O2. The third-order valence-corrected chi connectivity index (χ3v) is 4.22. The van der Waals surface area contributed by atoms with Crippen LogP contribution in [0.3, 0.4) is 0 Å². The minimum atomic E-state index is -0.0850. The van der Waals surface area contributed by atoms with Crippen molar-refractivity contribution in [1.82, 2.24) is 20.9 Å². The van der Waals surface area contributed by atoms with Gasteiger partial charge in [-0.3, -0.25) is 14.6 Å². The number of hydrogen-bond acceptors (Lipinski definition) is 4. The molecule has 2 aliphatic rings. The van der Waals surface area contributed by atoms with Crippen LogP contribution in [-0.4, -0.2) is 69.2 Å². The predicted molar refractivity (Wildman–Crippen MR) is 96.1 cm³/mol. The van der Waals surface area contributed by atoms with Crippen molar-refractivity contribution in [2.45, 2.75) is 0 Å². The monoisotopic (exact) mass is 353 g/mol. The normalized spacial score (nSPS) is 18.0. The molecule has 0 bridgehead atoms. The fraction of sp³-hybridized carbons (Fsp3) is 0.500. The summed E-state index contributed by atoms with van der Waals surface area (Å²) in [5.74, 6) is -0.0717. The minimum Gasteiger partial charge on any atom is -0.351 e. The zero-order valence-electron chi connectivity index (χ0n) is 13.6. The Kier molecular flexibility index (Phi) is 6.84. The maximum Gasteiger partial charge on any atom is 0.321 e. The van der Waals surface area contributed by atoms with Crippen LogP contribution in [0.15, 0.2) is 24.3 Å². The van der Waals surface area contributed by atoms with E-state index in [1.54, 1.807) is 17.0 Å². The van der Waals surface area contributed by atoms with E-state index < -0.39 is 0 Å².